The second kappa shape index (κ2) is 5.72. The highest BCUT2D eigenvalue weighted by Crippen LogP contribution is 2.17. The summed E-state index contributed by atoms with van der Waals surface area (Å²) in [5.41, 5.74) is 4.21. The van der Waals surface area contributed by atoms with Gasteiger partial charge < -0.3 is 15.3 Å². The van der Waals surface area contributed by atoms with Gasteiger partial charge in [0, 0.05) is 11.4 Å². The van der Waals surface area contributed by atoms with Crippen molar-refractivity contribution in [1.82, 2.24) is 0 Å². The molecule has 0 aliphatic heterocycles. The van der Waals surface area contributed by atoms with Crippen molar-refractivity contribution >= 4 is 23.9 Å². The van der Waals surface area contributed by atoms with E-state index in [-0.39, 0.29) is 6.42 Å². The molecule has 0 aliphatic rings. The average Bonchev–Trinajstić information content (AvgIpc) is 2.30. The Bertz CT molecular complexity index is 465. The van der Waals surface area contributed by atoms with E-state index < -0.39 is 17.1 Å². The van der Waals surface area contributed by atoms with E-state index in [1.165, 1.54) is 0 Å². The zero-order valence-corrected chi connectivity index (χ0v) is 12.0. The van der Waals surface area contributed by atoms with Crippen molar-refractivity contribution in [2.75, 3.05) is 0 Å². The van der Waals surface area contributed by atoms with Crippen LogP contribution in [-0.2, 0) is 20.7 Å². The van der Waals surface area contributed by atoms with Gasteiger partial charge in [-0.15, -0.1) is 0 Å². The van der Waals surface area contributed by atoms with E-state index in [1.54, 1.807) is 45.0 Å². The third-order valence-corrected chi connectivity index (χ3v) is 2.65. The maximum atomic E-state index is 12.0. The van der Waals surface area contributed by atoms with Crippen molar-refractivity contribution in [3.8, 4) is 0 Å². The van der Waals surface area contributed by atoms with Crippen LogP contribution in [0, 0.1) is 0 Å². The topological polar surface area (TPSA) is 69.4 Å². The molecule has 0 heterocycles. The first kappa shape index (κ1) is 15.7. The van der Waals surface area contributed by atoms with Crippen molar-refractivity contribution in [1.29, 1.82) is 0 Å². The highest BCUT2D eigenvalue weighted by Gasteiger charge is 2.38. The molecule has 104 valence electrons. The fraction of sp³-hybridized carbons (Fsp3) is 0.429. The molecule has 5 heteroatoms. The molecule has 0 bridgehead atoms. The maximum absolute atomic E-state index is 12.0. The number of rotatable bonds is 4. The van der Waals surface area contributed by atoms with Crippen molar-refractivity contribution in [3.05, 3.63) is 34.9 Å². The maximum Gasteiger partial charge on any atom is 0.334 e. The largest absolute Gasteiger partial charge is 0.458 e. The Kier molecular flexibility index (Phi) is 4.71. The Morgan fingerprint density at radius 1 is 1.32 bits per heavy atom. The van der Waals surface area contributed by atoms with Gasteiger partial charge in [-0.25, -0.2) is 4.79 Å². The first-order valence-corrected chi connectivity index (χ1v) is 6.27. The van der Waals surface area contributed by atoms with Gasteiger partial charge in [0.1, 0.15) is 5.60 Å². The molecule has 1 rings (SSSR count). The van der Waals surface area contributed by atoms with Gasteiger partial charge in [0.05, 0.1) is 0 Å². The highest BCUT2D eigenvalue weighted by atomic mass is 35.5. The predicted octanol–water partition coefficient (Wildman–Crippen LogP) is 2.12. The standard InChI is InChI=1S/C14H18ClNO3/c1-13(2,3)19-12(18)14(16,9-17)8-10-4-6-11(15)7-5-10/h4-7,9H,8,16H2,1-3H3. The normalized spacial score (nSPS) is 14.6. The van der Waals surface area contributed by atoms with Gasteiger partial charge in [-0.1, -0.05) is 23.7 Å². The molecule has 0 spiro atoms. The van der Waals surface area contributed by atoms with Crippen LogP contribution >= 0.6 is 11.6 Å². The summed E-state index contributed by atoms with van der Waals surface area (Å²) in [6.45, 7) is 5.16. The van der Waals surface area contributed by atoms with Crippen molar-refractivity contribution in [2.45, 2.75) is 38.3 Å². The molecule has 0 fully saturated rings. The SMILES string of the molecule is CC(C)(C)OC(=O)C(N)(C=O)Cc1ccc(Cl)cc1. The van der Waals surface area contributed by atoms with Crippen LogP contribution in [0.5, 0.6) is 0 Å². The summed E-state index contributed by atoms with van der Waals surface area (Å²) in [5.74, 6) is -0.732. The molecular formula is C14H18ClNO3. The lowest BCUT2D eigenvalue weighted by molar-refractivity contribution is -0.162. The molecule has 1 unspecified atom stereocenters. The zero-order chi connectivity index (χ0) is 14.7. The quantitative estimate of drug-likeness (QED) is 0.522. The molecule has 1 atom stereocenters. The van der Waals surface area contributed by atoms with Crippen molar-refractivity contribution < 1.29 is 14.3 Å². The Balaban J connectivity index is 2.88. The second-order valence-corrected chi connectivity index (χ2v) is 5.90. The molecule has 0 amide bonds. The van der Waals surface area contributed by atoms with Gasteiger partial charge in [0.25, 0.3) is 0 Å². The summed E-state index contributed by atoms with van der Waals surface area (Å²) in [5, 5.41) is 0.578. The minimum Gasteiger partial charge on any atom is -0.458 e. The minimum absolute atomic E-state index is 0.0720. The number of ether oxygens (including phenoxy) is 1. The van der Waals surface area contributed by atoms with E-state index in [0.717, 1.165) is 5.56 Å². The smallest absolute Gasteiger partial charge is 0.334 e. The van der Waals surface area contributed by atoms with Gasteiger partial charge in [-0.3, -0.25) is 0 Å². The van der Waals surface area contributed by atoms with E-state index in [9.17, 15) is 9.59 Å². The van der Waals surface area contributed by atoms with E-state index >= 15 is 0 Å². The summed E-state index contributed by atoms with van der Waals surface area (Å²) in [6.07, 6.45) is 0.498. The lowest BCUT2D eigenvalue weighted by atomic mass is 9.93. The first-order valence-electron chi connectivity index (χ1n) is 5.89. The summed E-state index contributed by atoms with van der Waals surface area (Å²) >= 11 is 5.77. The van der Waals surface area contributed by atoms with Crippen LogP contribution < -0.4 is 5.73 Å². The third-order valence-electron chi connectivity index (χ3n) is 2.40. The number of hydrogen-bond donors (Lipinski definition) is 1. The van der Waals surface area contributed by atoms with Gasteiger partial charge in [-0.2, -0.15) is 0 Å². The van der Waals surface area contributed by atoms with E-state index in [0.29, 0.717) is 11.3 Å². The number of hydrogen-bond acceptors (Lipinski definition) is 4. The molecular weight excluding hydrogens is 266 g/mol. The molecule has 0 radical (unpaired) electrons. The number of carbonyl (C=O) groups is 2. The summed E-state index contributed by atoms with van der Waals surface area (Å²) < 4.78 is 5.17. The third kappa shape index (κ3) is 4.65. The number of carbonyl (C=O) groups excluding carboxylic acids is 2. The molecule has 1 aromatic carbocycles. The van der Waals surface area contributed by atoms with Gasteiger partial charge in [0.2, 0.25) is 0 Å². The lowest BCUT2D eigenvalue weighted by Crippen LogP contribution is -2.54. The molecule has 0 aliphatic carbocycles. The average molecular weight is 284 g/mol. The number of aldehydes is 1. The summed E-state index contributed by atoms with van der Waals surface area (Å²) in [6, 6.07) is 6.80. The van der Waals surface area contributed by atoms with Crippen LogP contribution in [0.3, 0.4) is 0 Å². The van der Waals surface area contributed by atoms with Gasteiger partial charge >= 0.3 is 5.97 Å². The Morgan fingerprint density at radius 3 is 2.26 bits per heavy atom. The summed E-state index contributed by atoms with van der Waals surface area (Å²) in [4.78, 5) is 23.2. The zero-order valence-electron chi connectivity index (χ0n) is 11.3. The van der Waals surface area contributed by atoms with E-state index in [2.05, 4.69) is 0 Å². The minimum atomic E-state index is -1.68. The number of benzene rings is 1. The van der Waals surface area contributed by atoms with Crippen LogP contribution in [0.2, 0.25) is 5.02 Å². The number of esters is 1. The van der Waals surface area contributed by atoms with Gasteiger partial charge in [-0.05, 0) is 38.5 Å². The summed E-state index contributed by atoms with van der Waals surface area (Å²) in [7, 11) is 0. The predicted molar refractivity (Wildman–Crippen MR) is 74.0 cm³/mol. The van der Waals surface area contributed by atoms with Crippen LogP contribution in [0.1, 0.15) is 26.3 Å². The molecule has 2 N–H and O–H groups in total. The Labute approximate surface area is 117 Å². The van der Waals surface area contributed by atoms with E-state index in [1.807, 2.05) is 0 Å². The van der Waals surface area contributed by atoms with Crippen LogP contribution in [-0.4, -0.2) is 23.4 Å². The van der Waals surface area contributed by atoms with Crippen LogP contribution in [0.15, 0.2) is 24.3 Å². The van der Waals surface area contributed by atoms with Crippen molar-refractivity contribution in [2.24, 2.45) is 5.73 Å². The Hall–Kier alpha value is -1.39. The van der Waals surface area contributed by atoms with E-state index in [4.69, 9.17) is 22.1 Å². The van der Waals surface area contributed by atoms with Crippen LogP contribution in [0.4, 0.5) is 0 Å². The monoisotopic (exact) mass is 283 g/mol. The molecule has 4 nitrogen and oxygen atoms in total. The fourth-order valence-electron chi connectivity index (χ4n) is 1.48. The molecule has 0 saturated carbocycles. The highest BCUT2D eigenvalue weighted by molar-refractivity contribution is 6.30. The first-order chi connectivity index (χ1) is 8.66. The lowest BCUT2D eigenvalue weighted by Gasteiger charge is -2.27. The van der Waals surface area contributed by atoms with Crippen molar-refractivity contribution in [3.63, 3.8) is 0 Å². The molecule has 0 saturated heterocycles. The molecule has 0 aromatic heterocycles. The second-order valence-electron chi connectivity index (χ2n) is 5.46. The number of halogens is 1. The molecule has 19 heavy (non-hydrogen) atoms. The van der Waals surface area contributed by atoms with Gasteiger partial charge in [0.15, 0.2) is 11.8 Å². The fourth-order valence-corrected chi connectivity index (χ4v) is 1.60. The van der Waals surface area contributed by atoms with Crippen LogP contribution in [0.25, 0.3) is 0 Å². The molecule has 1 aromatic rings. The Morgan fingerprint density at radius 2 is 1.84 bits per heavy atom. The number of nitrogens with two attached hydrogens (primary N) is 1.